The van der Waals surface area contributed by atoms with E-state index in [2.05, 4.69) is 91.1 Å². The summed E-state index contributed by atoms with van der Waals surface area (Å²) < 4.78 is 0. The molecular weight excluding hydrogens is 344 g/mol. The van der Waals surface area contributed by atoms with Crippen molar-refractivity contribution in [2.45, 2.75) is 26.1 Å². The minimum atomic E-state index is 0.921. The molecule has 0 amide bonds. The first kappa shape index (κ1) is 21.1. The molecule has 0 aromatic heterocycles. The van der Waals surface area contributed by atoms with E-state index >= 15 is 0 Å². The summed E-state index contributed by atoms with van der Waals surface area (Å²) in [5.41, 5.74) is 6.11. The van der Waals surface area contributed by atoms with E-state index in [0.717, 1.165) is 5.33 Å². The summed E-state index contributed by atoms with van der Waals surface area (Å²) >= 11 is 3.38. The molecule has 0 aliphatic heterocycles. The Hall–Kier alpha value is -1.86. The molecule has 122 valence electrons. The maximum Gasteiger partial charge on any atom is 0.0283 e. The standard InChI is InChI=1S/C9H9Br.C9H10.C4H8/c1-2-8-3-5-9(7-10)6-4-8;1-3-9-6-4-8(2)5-7-9;1-4(2)3/h2-6H,1,7H2;3-7H,1H2,2H3;1H2,2-3H3. The average Bonchev–Trinajstić information content (AvgIpc) is 2.56. The lowest BCUT2D eigenvalue weighted by molar-refractivity contribution is 1.42. The number of hydrogen-bond donors (Lipinski definition) is 0. The summed E-state index contributed by atoms with van der Waals surface area (Å²) in [4.78, 5) is 0. The summed E-state index contributed by atoms with van der Waals surface area (Å²) in [6.07, 6.45) is 3.69. The molecule has 0 spiro atoms. The van der Waals surface area contributed by atoms with Gasteiger partial charge in [0.1, 0.15) is 0 Å². The molecule has 2 aromatic carbocycles. The van der Waals surface area contributed by atoms with Crippen LogP contribution in [-0.4, -0.2) is 0 Å². The fourth-order valence-corrected chi connectivity index (χ4v) is 1.82. The van der Waals surface area contributed by atoms with E-state index in [1.165, 1.54) is 27.8 Å². The van der Waals surface area contributed by atoms with Crippen LogP contribution in [0.1, 0.15) is 36.1 Å². The molecule has 0 aliphatic rings. The third-order valence-electron chi connectivity index (χ3n) is 2.68. The summed E-state index contributed by atoms with van der Waals surface area (Å²) in [6, 6.07) is 16.6. The number of aryl methyl sites for hydroxylation is 1. The minimum Gasteiger partial charge on any atom is -0.100 e. The predicted molar refractivity (Wildman–Crippen MR) is 111 cm³/mol. The highest BCUT2D eigenvalue weighted by atomic mass is 79.9. The van der Waals surface area contributed by atoms with Crippen LogP contribution >= 0.6 is 15.9 Å². The van der Waals surface area contributed by atoms with Gasteiger partial charge >= 0.3 is 0 Å². The molecule has 0 radical (unpaired) electrons. The number of allylic oxidation sites excluding steroid dienone is 1. The maximum atomic E-state index is 3.67. The molecule has 0 nitrogen and oxygen atoms in total. The lowest BCUT2D eigenvalue weighted by Gasteiger charge is -1.94. The smallest absolute Gasteiger partial charge is 0.0283 e. The van der Waals surface area contributed by atoms with Crippen molar-refractivity contribution < 1.29 is 0 Å². The summed E-state index contributed by atoms with van der Waals surface area (Å²) in [7, 11) is 0. The third-order valence-corrected chi connectivity index (χ3v) is 3.33. The second-order valence-electron chi connectivity index (χ2n) is 5.40. The summed E-state index contributed by atoms with van der Waals surface area (Å²) in [5.74, 6) is 0. The second-order valence-corrected chi connectivity index (χ2v) is 5.96. The molecule has 0 bridgehead atoms. The Morgan fingerprint density at radius 3 is 1.52 bits per heavy atom. The lowest BCUT2D eigenvalue weighted by Crippen LogP contribution is -1.75. The highest BCUT2D eigenvalue weighted by Crippen LogP contribution is 2.08. The van der Waals surface area contributed by atoms with Gasteiger partial charge in [0.25, 0.3) is 0 Å². The van der Waals surface area contributed by atoms with Crippen LogP contribution < -0.4 is 0 Å². The van der Waals surface area contributed by atoms with Gasteiger partial charge in [-0.2, -0.15) is 0 Å². The Morgan fingerprint density at radius 2 is 1.22 bits per heavy atom. The van der Waals surface area contributed by atoms with Crippen LogP contribution in [0.25, 0.3) is 12.2 Å². The van der Waals surface area contributed by atoms with E-state index in [0.29, 0.717) is 0 Å². The molecule has 0 N–H and O–H groups in total. The molecule has 2 aromatic rings. The Labute approximate surface area is 150 Å². The van der Waals surface area contributed by atoms with E-state index in [9.17, 15) is 0 Å². The van der Waals surface area contributed by atoms with Crippen molar-refractivity contribution in [3.8, 4) is 0 Å². The first-order valence-corrected chi connectivity index (χ1v) is 8.63. The van der Waals surface area contributed by atoms with E-state index in [-0.39, 0.29) is 0 Å². The lowest BCUT2D eigenvalue weighted by atomic mass is 10.2. The number of rotatable bonds is 3. The largest absolute Gasteiger partial charge is 0.100 e. The highest BCUT2D eigenvalue weighted by molar-refractivity contribution is 9.08. The van der Waals surface area contributed by atoms with Crippen molar-refractivity contribution in [2.75, 3.05) is 0 Å². The molecule has 0 atom stereocenters. The van der Waals surface area contributed by atoms with Crippen molar-refractivity contribution in [1.82, 2.24) is 0 Å². The molecule has 1 heteroatoms. The van der Waals surface area contributed by atoms with Crippen LogP contribution in [0.3, 0.4) is 0 Å². The number of hydrogen-bond acceptors (Lipinski definition) is 0. The molecule has 0 saturated carbocycles. The second kappa shape index (κ2) is 12.7. The van der Waals surface area contributed by atoms with Gasteiger partial charge in [0.2, 0.25) is 0 Å². The molecule has 23 heavy (non-hydrogen) atoms. The first-order valence-electron chi connectivity index (χ1n) is 7.51. The Kier molecular flexibility index (Phi) is 11.6. The zero-order valence-corrected chi connectivity index (χ0v) is 16.1. The Balaban J connectivity index is 0.000000345. The average molecular weight is 371 g/mol. The van der Waals surface area contributed by atoms with Gasteiger partial charge in [0.15, 0.2) is 0 Å². The number of benzene rings is 2. The van der Waals surface area contributed by atoms with Crippen molar-refractivity contribution in [3.05, 3.63) is 96.1 Å². The first-order chi connectivity index (χ1) is 10.9. The Bertz CT molecular complexity index is 585. The Morgan fingerprint density at radius 1 is 0.870 bits per heavy atom. The molecule has 0 aliphatic carbocycles. The normalized spacial score (nSPS) is 8.70. The zero-order valence-electron chi connectivity index (χ0n) is 14.5. The number of halogens is 1. The highest BCUT2D eigenvalue weighted by Gasteiger charge is 1.87. The molecular formula is C22H27Br. The van der Waals surface area contributed by atoms with E-state index < -0.39 is 0 Å². The van der Waals surface area contributed by atoms with Crippen LogP contribution in [0, 0.1) is 6.92 Å². The molecule has 0 fully saturated rings. The van der Waals surface area contributed by atoms with Crippen molar-refractivity contribution >= 4 is 28.1 Å². The topological polar surface area (TPSA) is 0 Å². The van der Waals surface area contributed by atoms with Gasteiger partial charge in [0, 0.05) is 5.33 Å². The van der Waals surface area contributed by atoms with Gasteiger partial charge in [-0.15, -0.1) is 6.58 Å². The SMILES string of the molecule is C=C(C)C.C=Cc1ccc(C)cc1.C=Cc1ccc(CBr)cc1. The fourth-order valence-electron chi connectivity index (χ4n) is 1.45. The van der Waals surface area contributed by atoms with Gasteiger partial charge in [-0.05, 0) is 37.5 Å². The van der Waals surface area contributed by atoms with Crippen LogP contribution in [0.15, 0.2) is 73.8 Å². The van der Waals surface area contributed by atoms with Crippen LogP contribution in [-0.2, 0) is 5.33 Å². The van der Waals surface area contributed by atoms with E-state index in [1.54, 1.807) is 0 Å². The van der Waals surface area contributed by atoms with Crippen LogP contribution in [0.4, 0.5) is 0 Å². The van der Waals surface area contributed by atoms with Crippen molar-refractivity contribution in [3.63, 3.8) is 0 Å². The van der Waals surface area contributed by atoms with Gasteiger partial charge in [-0.25, -0.2) is 0 Å². The van der Waals surface area contributed by atoms with Crippen LogP contribution in [0.2, 0.25) is 0 Å². The summed E-state index contributed by atoms with van der Waals surface area (Å²) in [6.45, 7) is 16.9. The molecule has 0 heterocycles. The van der Waals surface area contributed by atoms with Crippen molar-refractivity contribution in [2.24, 2.45) is 0 Å². The zero-order chi connectivity index (χ0) is 17.7. The van der Waals surface area contributed by atoms with E-state index in [4.69, 9.17) is 0 Å². The predicted octanol–water partition coefficient (Wildman–Crippen LogP) is 7.44. The monoisotopic (exact) mass is 370 g/mol. The fraction of sp³-hybridized carbons (Fsp3) is 0.182. The summed E-state index contributed by atoms with van der Waals surface area (Å²) in [5, 5.41) is 0.921. The van der Waals surface area contributed by atoms with Gasteiger partial charge in [-0.1, -0.05) is 101 Å². The minimum absolute atomic E-state index is 0.921. The maximum absolute atomic E-state index is 3.67. The van der Waals surface area contributed by atoms with Gasteiger partial charge in [-0.3, -0.25) is 0 Å². The molecule has 2 rings (SSSR count). The van der Waals surface area contributed by atoms with Crippen LogP contribution in [0.5, 0.6) is 0 Å². The van der Waals surface area contributed by atoms with Gasteiger partial charge < -0.3 is 0 Å². The van der Waals surface area contributed by atoms with Gasteiger partial charge in [0.05, 0.1) is 0 Å². The molecule has 0 saturated heterocycles. The third kappa shape index (κ3) is 11.4. The number of alkyl halides is 1. The quantitative estimate of drug-likeness (QED) is 0.388. The molecule has 0 unspecified atom stereocenters. The van der Waals surface area contributed by atoms with Crippen molar-refractivity contribution in [1.29, 1.82) is 0 Å². The van der Waals surface area contributed by atoms with E-state index in [1.807, 2.05) is 26.0 Å².